The van der Waals surface area contributed by atoms with Gasteiger partial charge in [-0.15, -0.1) is 0 Å². The molecule has 0 amide bonds. The summed E-state index contributed by atoms with van der Waals surface area (Å²) in [6.45, 7) is 6.08. The summed E-state index contributed by atoms with van der Waals surface area (Å²) in [5, 5.41) is 3.78. The topological polar surface area (TPSA) is 64.9 Å². The molecule has 102 valence electrons. The number of rotatable bonds is 2. The number of hydrogen-bond acceptors (Lipinski definition) is 4. The molecule has 1 aromatic heterocycles. The van der Waals surface area contributed by atoms with Crippen LogP contribution in [0, 0.1) is 17.0 Å². The first-order chi connectivity index (χ1) is 8.76. The summed E-state index contributed by atoms with van der Waals surface area (Å²) in [5.74, 6) is -1.11. The zero-order valence-corrected chi connectivity index (χ0v) is 11.0. The van der Waals surface area contributed by atoms with Crippen LogP contribution in [-0.2, 0) is 6.42 Å². The van der Waals surface area contributed by atoms with Crippen LogP contribution in [0.3, 0.4) is 0 Å². The fourth-order valence-corrected chi connectivity index (χ4v) is 1.64. The van der Waals surface area contributed by atoms with E-state index in [1.165, 1.54) is 0 Å². The molecule has 4 nitrogen and oxygen atoms in total. The fourth-order valence-electron chi connectivity index (χ4n) is 1.64. The van der Waals surface area contributed by atoms with Crippen LogP contribution in [0.2, 0.25) is 0 Å². The Hall–Kier alpha value is -1.98. The van der Waals surface area contributed by atoms with E-state index in [1.54, 1.807) is 0 Å². The second-order valence-electron chi connectivity index (χ2n) is 5.61. The van der Waals surface area contributed by atoms with Crippen molar-refractivity contribution in [2.45, 2.75) is 27.2 Å². The molecule has 2 N–H and O–H groups in total. The number of nitrogens with two attached hydrogens (primary N) is 1. The van der Waals surface area contributed by atoms with E-state index in [4.69, 9.17) is 10.3 Å². The van der Waals surface area contributed by atoms with E-state index in [0.717, 1.165) is 6.07 Å². The Bertz CT molecular complexity index is 602. The lowest BCUT2D eigenvalue weighted by Gasteiger charge is -2.14. The van der Waals surface area contributed by atoms with Gasteiger partial charge in [0.1, 0.15) is 11.6 Å². The Morgan fingerprint density at radius 2 is 1.89 bits per heavy atom. The molecule has 2 rings (SSSR count). The average molecular weight is 267 g/mol. The predicted molar refractivity (Wildman–Crippen MR) is 67.2 cm³/mol. The fraction of sp³-hybridized carbons (Fsp3) is 0.385. The third kappa shape index (κ3) is 3.07. The summed E-state index contributed by atoms with van der Waals surface area (Å²) >= 11 is 0. The van der Waals surface area contributed by atoms with Gasteiger partial charge in [0.25, 0.3) is 5.89 Å². The van der Waals surface area contributed by atoms with Crippen LogP contribution in [0.15, 0.2) is 16.7 Å². The number of benzene rings is 1. The first-order valence-electron chi connectivity index (χ1n) is 5.84. The Morgan fingerprint density at radius 3 is 2.53 bits per heavy atom. The van der Waals surface area contributed by atoms with Gasteiger partial charge in [-0.05, 0) is 11.5 Å². The Balaban J connectivity index is 2.36. The van der Waals surface area contributed by atoms with Gasteiger partial charge in [-0.3, -0.25) is 0 Å². The molecule has 0 saturated heterocycles. The maximum absolute atomic E-state index is 13.6. The van der Waals surface area contributed by atoms with Gasteiger partial charge >= 0.3 is 0 Å². The molecule has 0 bridgehead atoms. The van der Waals surface area contributed by atoms with Crippen LogP contribution in [0.25, 0.3) is 11.5 Å². The lowest BCUT2D eigenvalue weighted by atomic mass is 9.92. The van der Waals surface area contributed by atoms with Gasteiger partial charge in [-0.2, -0.15) is 4.98 Å². The minimum absolute atomic E-state index is 0.00319. The summed E-state index contributed by atoms with van der Waals surface area (Å²) in [6.07, 6.45) is 0.592. The Kier molecular flexibility index (Phi) is 3.26. The van der Waals surface area contributed by atoms with Crippen molar-refractivity contribution in [3.05, 3.63) is 29.6 Å². The standard InChI is InChI=1S/C13H15F2N3O/c1-13(2,3)6-11-17-12(19-18-11)7-4-10(16)9(15)5-8(7)14/h4-5H,6,16H2,1-3H3. The highest BCUT2D eigenvalue weighted by molar-refractivity contribution is 5.61. The van der Waals surface area contributed by atoms with Crippen molar-refractivity contribution in [1.29, 1.82) is 0 Å². The highest BCUT2D eigenvalue weighted by Gasteiger charge is 2.19. The highest BCUT2D eigenvalue weighted by atomic mass is 19.1. The number of hydrogen-bond donors (Lipinski definition) is 1. The molecule has 0 aliphatic heterocycles. The molecule has 0 aliphatic carbocycles. The van der Waals surface area contributed by atoms with Gasteiger partial charge < -0.3 is 10.3 Å². The molecular weight excluding hydrogens is 252 g/mol. The monoisotopic (exact) mass is 267 g/mol. The van der Waals surface area contributed by atoms with Gasteiger partial charge in [-0.25, -0.2) is 8.78 Å². The van der Waals surface area contributed by atoms with E-state index in [1.807, 2.05) is 20.8 Å². The van der Waals surface area contributed by atoms with Crippen LogP contribution in [0.5, 0.6) is 0 Å². The molecule has 0 unspecified atom stereocenters. The molecule has 0 atom stereocenters. The first-order valence-corrected chi connectivity index (χ1v) is 5.84. The second kappa shape index (κ2) is 4.60. The van der Waals surface area contributed by atoms with Gasteiger partial charge in [0.05, 0.1) is 11.3 Å². The minimum atomic E-state index is -0.810. The molecule has 1 heterocycles. The van der Waals surface area contributed by atoms with Crippen molar-refractivity contribution in [3.8, 4) is 11.5 Å². The Morgan fingerprint density at radius 1 is 1.21 bits per heavy atom. The lowest BCUT2D eigenvalue weighted by molar-refractivity contribution is 0.374. The van der Waals surface area contributed by atoms with Crippen molar-refractivity contribution in [2.75, 3.05) is 5.73 Å². The molecule has 0 radical (unpaired) electrons. The summed E-state index contributed by atoms with van der Waals surface area (Å²) in [7, 11) is 0. The average Bonchev–Trinajstić information content (AvgIpc) is 2.69. The molecule has 2 aromatic rings. The maximum Gasteiger partial charge on any atom is 0.260 e. The predicted octanol–water partition coefficient (Wildman–Crippen LogP) is 3.19. The highest BCUT2D eigenvalue weighted by Crippen LogP contribution is 2.27. The molecular formula is C13H15F2N3O. The van der Waals surface area contributed by atoms with Gasteiger partial charge in [0, 0.05) is 12.5 Å². The van der Waals surface area contributed by atoms with E-state index >= 15 is 0 Å². The largest absolute Gasteiger partial charge is 0.396 e. The summed E-state index contributed by atoms with van der Waals surface area (Å²) in [5.41, 5.74) is 5.24. The summed E-state index contributed by atoms with van der Waals surface area (Å²) < 4.78 is 31.7. The van der Waals surface area contributed by atoms with Crippen LogP contribution in [0.4, 0.5) is 14.5 Å². The zero-order chi connectivity index (χ0) is 14.2. The van der Waals surface area contributed by atoms with Gasteiger partial charge in [-0.1, -0.05) is 25.9 Å². The van der Waals surface area contributed by atoms with E-state index < -0.39 is 11.6 Å². The number of anilines is 1. The number of halogens is 2. The van der Waals surface area contributed by atoms with Gasteiger partial charge in [0.15, 0.2) is 5.82 Å². The van der Waals surface area contributed by atoms with Crippen LogP contribution < -0.4 is 5.73 Å². The molecule has 0 saturated carbocycles. The van der Waals surface area contributed by atoms with E-state index in [2.05, 4.69) is 10.1 Å². The third-order valence-electron chi connectivity index (χ3n) is 2.47. The van der Waals surface area contributed by atoms with Crippen LogP contribution in [0.1, 0.15) is 26.6 Å². The smallest absolute Gasteiger partial charge is 0.260 e. The SMILES string of the molecule is CC(C)(C)Cc1noc(-c2cc(N)c(F)cc2F)n1. The first kappa shape index (κ1) is 13.5. The molecule has 1 aromatic carbocycles. The minimum Gasteiger partial charge on any atom is -0.396 e. The summed E-state index contributed by atoms with van der Waals surface area (Å²) in [6, 6.07) is 1.86. The van der Waals surface area contributed by atoms with Crippen molar-refractivity contribution in [1.82, 2.24) is 10.1 Å². The number of nitrogens with zero attached hydrogens (tertiary/aromatic N) is 2. The van der Waals surface area contributed by atoms with Crippen molar-refractivity contribution < 1.29 is 13.3 Å². The number of aromatic nitrogens is 2. The molecule has 0 spiro atoms. The van der Waals surface area contributed by atoms with E-state index in [-0.39, 0.29) is 22.6 Å². The van der Waals surface area contributed by atoms with Crippen LogP contribution >= 0.6 is 0 Å². The normalized spacial score (nSPS) is 11.8. The van der Waals surface area contributed by atoms with Crippen LogP contribution in [-0.4, -0.2) is 10.1 Å². The summed E-state index contributed by atoms with van der Waals surface area (Å²) in [4.78, 5) is 4.10. The molecule has 19 heavy (non-hydrogen) atoms. The van der Waals surface area contributed by atoms with Gasteiger partial charge in [0.2, 0.25) is 0 Å². The second-order valence-corrected chi connectivity index (χ2v) is 5.61. The maximum atomic E-state index is 13.6. The zero-order valence-electron chi connectivity index (χ0n) is 11.0. The third-order valence-corrected chi connectivity index (χ3v) is 2.47. The number of nitrogen functional groups attached to an aromatic ring is 1. The van der Waals surface area contributed by atoms with Crippen molar-refractivity contribution >= 4 is 5.69 Å². The lowest BCUT2D eigenvalue weighted by Crippen LogP contribution is -2.10. The van der Waals surface area contributed by atoms with Crippen molar-refractivity contribution in [3.63, 3.8) is 0 Å². The molecule has 6 heteroatoms. The van der Waals surface area contributed by atoms with E-state index in [0.29, 0.717) is 18.3 Å². The Labute approximate surface area is 109 Å². The van der Waals surface area contributed by atoms with E-state index in [9.17, 15) is 8.78 Å². The van der Waals surface area contributed by atoms with Crippen molar-refractivity contribution in [2.24, 2.45) is 5.41 Å². The molecule has 0 fully saturated rings. The quantitative estimate of drug-likeness (QED) is 0.849. The molecule has 0 aliphatic rings.